The Morgan fingerprint density at radius 2 is 2.12 bits per heavy atom. The summed E-state index contributed by atoms with van der Waals surface area (Å²) in [5.41, 5.74) is 0. The van der Waals surface area contributed by atoms with Crippen LogP contribution in [0.5, 0.6) is 0 Å². The summed E-state index contributed by atoms with van der Waals surface area (Å²) in [6.07, 6.45) is 2.07. The van der Waals surface area contributed by atoms with Gasteiger partial charge < -0.3 is 9.80 Å². The molecule has 1 fully saturated rings. The number of H-pyrrole nitrogens is 1. The molecule has 2 amide bonds. The molecule has 0 radical (unpaired) electrons. The summed E-state index contributed by atoms with van der Waals surface area (Å²) in [5, 5.41) is 12.7. The van der Waals surface area contributed by atoms with Crippen molar-refractivity contribution in [2.75, 3.05) is 26.7 Å². The second-order valence-corrected chi connectivity index (χ2v) is 3.98. The summed E-state index contributed by atoms with van der Waals surface area (Å²) < 4.78 is 0. The van der Waals surface area contributed by atoms with Crippen molar-refractivity contribution in [3.63, 3.8) is 0 Å². The molecule has 2 heterocycles. The van der Waals surface area contributed by atoms with E-state index in [2.05, 4.69) is 20.6 Å². The van der Waals surface area contributed by atoms with Gasteiger partial charge in [-0.1, -0.05) is 0 Å². The van der Waals surface area contributed by atoms with E-state index >= 15 is 0 Å². The highest BCUT2D eigenvalue weighted by atomic mass is 16.2. The van der Waals surface area contributed by atoms with Crippen molar-refractivity contribution >= 4 is 11.8 Å². The van der Waals surface area contributed by atoms with E-state index in [1.54, 1.807) is 11.9 Å². The maximum absolute atomic E-state index is 11.8. The molecule has 1 aliphatic rings. The summed E-state index contributed by atoms with van der Waals surface area (Å²) in [4.78, 5) is 26.6. The van der Waals surface area contributed by atoms with Crippen molar-refractivity contribution in [2.24, 2.45) is 0 Å². The zero-order chi connectivity index (χ0) is 12.3. The second-order valence-electron chi connectivity index (χ2n) is 3.98. The molecule has 8 heteroatoms. The number of carbonyl (C=O) groups excluding carboxylic acids is 2. The van der Waals surface area contributed by atoms with Gasteiger partial charge in [-0.2, -0.15) is 5.21 Å². The van der Waals surface area contributed by atoms with Crippen LogP contribution in [-0.2, 0) is 4.79 Å². The van der Waals surface area contributed by atoms with Gasteiger partial charge in [0.25, 0.3) is 11.7 Å². The molecule has 1 N–H and O–H groups in total. The van der Waals surface area contributed by atoms with Gasteiger partial charge in [-0.05, 0) is 18.1 Å². The molecule has 0 spiro atoms. The molecule has 0 aliphatic carbocycles. The lowest BCUT2D eigenvalue weighted by Gasteiger charge is -2.20. The Bertz CT molecular complexity index is 398. The van der Waals surface area contributed by atoms with Crippen LogP contribution in [-0.4, -0.2) is 68.9 Å². The maximum Gasteiger partial charge on any atom is 0.295 e. The number of rotatable bonds is 3. The Morgan fingerprint density at radius 3 is 2.71 bits per heavy atom. The minimum Gasteiger partial charge on any atom is -0.341 e. The summed E-state index contributed by atoms with van der Waals surface area (Å²) >= 11 is 0. The molecule has 8 nitrogen and oxygen atoms in total. The molecule has 0 unspecified atom stereocenters. The van der Waals surface area contributed by atoms with Crippen molar-refractivity contribution in [3.05, 3.63) is 5.82 Å². The molecule has 0 bridgehead atoms. The number of nitrogens with one attached hydrogen (secondary N) is 1. The van der Waals surface area contributed by atoms with Gasteiger partial charge in [0.2, 0.25) is 5.91 Å². The molecule has 1 aromatic heterocycles. The van der Waals surface area contributed by atoms with Gasteiger partial charge in [-0.15, -0.1) is 10.2 Å². The Labute approximate surface area is 98.0 Å². The largest absolute Gasteiger partial charge is 0.341 e. The van der Waals surface area contributed by atoms with E-state index in [4.69, 9.17) is 0 Å². The van der Waals surface area contributed by atoms with E-state index in [-0.39, 0.29) is 18.3 Å². The number of nitrogens with zero attached hydrogens (tertiary/aromatic N) is 5. The summed E-state index contributed by atoms with van der Waals surface area (Å²) in [6.45, 7) is 1.61. The van der Waals surface area contributed by atoms with Crippen LogP contribution in [0.4, 0.5) is 0 Å². The van der Waals surface area contributed by atoms with E-state index in [1.807, 2.05) is 0 Å². The molecular weight excluding hydrogens is 224 g/mol. The van der Waals surface area contributed by atoms with Gasteiger partial charge in [-0.25, -0.2) is 0 Å². The van der Waals surface area contributed by atoms with Crippen molar-refractivity contribution in [1.82, 2.24) is 30.4 Å². The number of tetrazole rings is 1. The van der Waals surface area contributed by atoms with Crippen LogP contribution in [0.1, 0.15) is 23.5 Å². The van der Waals surface area contributed by atoms with Crippen molar-refractivity contribution < 1.29 is 9.59 Å². The van der Waals surface area contributed by atoms with Crippen LogP contribution in [0, 0.1) is 0 Å². The Kier molecular flexibility index (Phi) is 3.31. The third-order valence-corrected chi connectivity index (χ3v) is 2.71. The average molecular weight is 238 g/mol. The van der Waals surface area contributed by atoms with Gasteiger partial charge >= 0.3 is 0 Å². The highest BCUT2D eigenvalue weighted by molar-refractivity contribution is 5.93. The van der Waals surface area contributed by atoms with Gasteiger partial charge in [0.1, 0.15) is 0 Å². The lowest BCUT2D eigenvalue weighted by Crippen LogP contribution is -2.40. The Balaban J connectivity index is 1.90. The minimum atomic E-state index is -0.411. The van der Waals surface area contributed by atoms with Gasteiger partial charge in [-0.3, -0.25) is 9.59 Å². The molecule has 1 aromatic rings. The smallest absolute Gasteiger partial charge is 0.295 e. The average Bonchev–Trinajstić information content (AvgIpc) is 3.00. The van der Waals surface area contributed by atoms with E-state index in [0.717, 1.165) is 25.9 Å². The molecule has 2 rings (SSSR count). The Morgan fingerprint density at radius 1 is 1.41 bits per heavy atom. The summed E-state index contributed by atoms with van der Waals surface area (Å²) in [7, 11) is 1.55. The Hall–Kier alpha value is -1.99. The first-order chi connectivity index (χ1) is 8.18. The number of hydrogen-bond donors (Lipinski definition) is 1. The van der Waals surface area contributed by atoms with Crippen LogP contribution in [0.15, 0.2) is 0 Å². The zero-order valence-corrected chi connectivity index (χ0v) is 9.59. The third-order valence-electron chi connectivity index (χ3n) is 2.71. The predicted octanol–water partition coefficient (Wildman–Crippen LogP) is -1.11. The molecule has 0 atom stereocenters. The number of aromatic nitrogens is 4. The first-order valence-corrected chi connectivity index (χ1v) is 5.45. The quantitative estimate of drug-likeness (QED) is 0.720. The minimum absolute atomic E-state index is 0.0262. The lowest BCUT2D eigenvalue weighted by molar-refractivity contribution is -0.130. The first kappa shape index (κ1) is 11.5. The fourth-order valence-electron chi connectivity index (χ4n) is 1.76. The summed E-state index contributed by atoms with van der Waals surface area (Å²) in [6, 6.07) is 0. The monoisotopic (exact) mass is 238 g/mol. The van der Waals surface area contributed by atoms with Crippen LogP contribution >= 0.6 is 0 Å². The molecular formula is C9H14N6O2. The number of likely N-dealkylation sites (N-methyl/N-ethyl adjacent to an activating group) is 1. The van der Waals surface area contributed by atoms with E-state index in [1.165, 1.54) is 4.90 Å². The molecule has 1 saturated heterocycles. The molecule has 1 aliphatic heterocycles. The molecule has 0 saturated carbocycles. The van der Waals surface area contributed by atoms with E-state index < -0.39 is 5.91 Å². The molecule has 92 valence electrons. The van der Waals surface area contributed by atoms with E-state index in [9.17, 15) is 9.59 Å². The third kappa shape index (κ3) is 2.58. The van der Waals surface area contributed by atoms with Crippen molar-refractivity contribution in [2.45, 2.75) is 12.8 Å². The number of hydrogen-bond acceptors (Lipinski definition) is 5. The van der Waals surface area contributed by atoms with Crippen molar-refractivity contribution in [1.29, 1.82) is 0 Å². The maximum atomic E-state index is 11.8. The zero-order valence-electron chi connectivity index (χ0n) is 9.59. The fourth-order valence-corrected chi connectivity index (χ4v) is 1.76. The lowest BCUT2D eigenvalue weighted by atomic mass is 10.4. The van der Waals surface area contributed by atoms with Crippen LogP contribution in [0.3, 0.4) is 0 Å². The van der Waals surface area contributed by atoms with Gasteiger partial charge in [0, 0.05) is 20.1 Å². The summed E-state index contributed by atoms with van der Waals surface area (Å²) in [5.74, 6) is -0.477. The second kappa shape index (κ2) is 4.89. The number of carbonyl (C=O) groups is 2. The van der Waals surface area contributed by atoms with Crippen LogP contribution in [0.25, 0.3) is 0 Å². The highest BCUT2D eigenvalue weighted by Gasteiger charge is 2.23. The van der Waals surface area contributed by atoms with Gasteiger partial charge in [0.05, 0.1) is 6.54 Å². The standard InChI is InChI=1S/C9H14N6O2/c1-14(9(17)8-10-12-13-11-8)6-7(16)15-4-2-3-5-15/h2-6H2,1H3,(H,10,11,12,13). The van der Waals surface area contributed by atoms with Crippen LogP contribution < -0.4 is 0 Å². The predicted molar refractivity (Wildman–Crippen MR) is 57.0 cm³/mol. The highest BCUT2D eigenvalue weighted by Crippen LogP contribution is 2.08. The molecule has 0 aromatic carbocycles. The number of aromatic amines is 1. The topological polar surface area (TPSA) is 95.1 Å². The first-order valence-electron chi connectivity index (χ1n) is 5.45. The molecule has 17 heavy (non-hydrogen) atoms. The number of likely N-dealkylation sites (tertiary alicyclic amines) is 1. The van der Waals surface area contributed by atoms with Gasteiger partial charge in [0.15, 0.2) is 0 Å². The van der Waals surface area contributed by atoms with Crippen LogP contribution in [0.2, 0.25) is 0 Å². The fraction of sp³-hybridized carbons (Fsp3) is 0.667. The van der Waals surface area contributed by atoms with Crippen molar-refractivity contribution in [3.8, 4) is 0 Å². The SMILES string of the molecule is CN(CC(=O)N1CCCC1)C(=O)c1nn[nH]n1. The van der Waals surface area contributed by atoms with E-state index in [0.29, 0.717) is 0 Å². The normalized spacial score (nSPS) is 15.0. The number of amides is 2.